The van der Waals surface area contributed by atoms with Gasteiger partial charge in [-0.05, 0) is 12.8 Å². The second-order valence-electron chi connectivity index (χ2n) is 6.51. The molecule has 1 amide bonds. The Labute approximate surface area is 149 Å². The van der Waals surface area contributed by atoms with Gasteiger partial charge in [0, 0.05) is 44.9 Å². The van der Waals surface area contributed by atoms with Gasteiger partial charge >= 0.3 is 0 Å². The fourth-order valence-corrected chi connectivity index (χ4v) is 4.36. The summed E-state index contributed by atoms with van der Waals surface area (Å²) in [6.07, 6.45) is 4.75. The van der Waals surface area contributed by atoms with Crippen molar-refractivity contribution in [3.05, 3.63) is 17.5 Å². The van der Waals surface area contributed by atoms with Crippen molar-refractivity contribution in [2.45, 2.75) is 44.8 Å². The van der Waals surface area contributed by atoms with Crippen LogP contribution in [0.1, 0.15) is 44.0 Å². The van der Waals surface area contributed by atoms with Crippen LogP contribution in [-0.4, -0.2) is 60.5 Å². The molecule has 1 aliphatic heterocycles. The second kappa shape index (κ2) is 7.43. The molecule has 9 heteroatoms. The van der Waals surface area contributed by atoms with Crippen molar-refractivity contribution in [1.29, 1.82) is 0 Å². The number of rotatable bonds is 7. The Morgan fingerprint density at radius 2 is 2.08 bits per heavy atom. The summed E-state index contributed by atoms with van der Waals surface area (Å²) in [6, 6.07) is -0.893. The van der Waals surface area contributed by atoms with E-state index in [4.69, 9.17) is 4.74 Å². The number of nitrogens with one attached hydrogen (secondary N) is 1. The molecule has 142 valence electrons. The molecule has 0 aliphatic carbocycles. The van der Waals surface area contributed by atoms with Gasteiger partial charge in [-0.3, -0.25) is 9.48 Å². The molecule has 1 atom stereocenters. The summed E-state index contributed by atoms with van der Waals surface area (Å²) in [7, 11) is -0.0934. The monoisotopic (exact) mass is 372 g/mol. The average Bonchev–Trinajstić information content (AvgIpc) is 2.96. The van der Waals surface area contributed by atoms with Crippen LogP contribution in [0.15, 0.2) is 6.20 Å². The van der Waals surface area contributed by atoms with Gasteiger partial charge in [0.15, 0.2) is 0 Å². The molecular weight excluding hydrogens is 344 g/mol. The summed E-state index contributed by atoms with van der Waals surface area (Å²) in [5, 5.41) is 7.09. The number of fused-ring (bicyclic) bond motifs is 1. The number of aromatic nitrogens is 2. The lowest BCUT2D eigenvalue weighted by Gasteiger charge is -2.35. The highest BCUT2D eigenvalue weighted by atomic mass is 32.2. The molecule has 0 spiro atoms. The number of carbonyl (C=O) groups is 1. The number of hydrogen-bond acceptors (Lipinski definition) is 5. The zero-order valence-electron chi connectivity index (χ0n) is 15.6. The largest absolute Gasteiger partial charge is 0.376 e. The maximum atomic E-state index is 12.9. The lowest BCUT2D eigenvalue weighted by atomic mass is 9.96. The third kappa shape index (κ3) is 3.88. The van der Waals surface area contributed by atoms with Gasteiger partial charge in [0.05, 0.1) is 18.1 Å². The smallest absolute Gasteiger partial charge is 0.243 e. The van der Waals surface area contributed by atoms with E-state index >= 15 is 0 Å². The Morgan fingerprint density at radius 3 is 2.60 bits per heavy atom. The number of sulfonamides is 1. The van der Waals surface area contributed by atoms with E-state index in [1.807, 2.05) is 13.8 Å². The Bertz CT molecular complexity index is 716. The molecule has 1 N–H and O–H groups in total. The summed E-state index contributed by atoms with van der Waals surface area (Å²) >= 11 is 0. The van der Waals surface area contributed by atoms with Gasteiger partial charge in [-0.2, -0.15) is 9.40 Å². The van der Waals surface area contributed by atoms with Crippen molar-refractivity contribution in [1.82, 2.24) is 19.4 Å². The minimum atomic E-state index is -3.52. The molecule has 0 bridgehead atoms. The molecular formula is C16H28N4O4S. The van der Waals surface area contributed by atoms with Crippen LogP contribution in [-0.2, 0) is 33.0 Å². The molecule has 2 heterocycles. The lowest BCUT2D eigenvalue weighted by Crippen LogP contribution is -2.50. The molecule has 0 saturated carbocycles. The van der Waals surface area contributed by atoms with Crippen molar-refractivity contribution in [2.75, 3.05) is 26.5 Å². The summed E-state index contributed by atoms with van der Waals surface area (Å²) in [5.74, 6) is -0.345. The van der Waals surface area contributed by atoms with Gasteiger partial charge in [-0.1, -0.05) is 13.8 Å². The van der Waals surface area contributed by atoms with Gasteiger partial charge in [0.2, 0.25) is 15.9 Å². The van der Waals surface area contributed by atoms with Crippen LogP contribution in [0.25, 0.3) is 0 Å². The van der Waals surface area contributed by atoms with Crippen LogP contribution < -0.4 is 5.32 Å². The normalized spacial score (nSPS) is 18.8. The maximum absolute atomic E-state index is 12.9. The molecule has 0 saturated heterocycles. The predicted molar refractivity (Wildman–Crippen MR) is 94.5 cm³/mol. The minimum Gasteiger partial charge on any atom is -0.376 e. The first-order valence-electron chi connectivity index (χ1n) is 8.49. The molecule has 25 heavy (non-hydrogen) atoms. The van der Waals surface area contributed by atoms with E-state index < -0.39 is 21.7 Å². The summed E-state index contributed by atoms with van der Waals surface area (Å²) in [5.41, 5.74) is 1.09. The SMILES string of the molecule is CCC(CC)(CNC(=O)C1c2cnn(C)c2CCN1S(C)(=O)=O)OC. The van der Waals surface area contributed by atoms with E-state index in [-0.39, 0.29) is 12.5 Å². The molecule has 1 aromatic rings. The summed E-state index contributed by atoms with van der Waals surface area (Å²) in [6.45, 7) is 4.60. The average molecular weight is 372 g/mol. The van der Waals surface area contributed by atoms with Gasteiger partial charge in [0.1, 0.15) is 6.04 Å². The van der Waals surface area contributed by atoms with Crippen LogP contribution in [0, 0.1) is 0 Å². The number of aryl methyl sites for hydroxylation is 1. The molecule has 2 rings (SSSR count). The molecule has 1 aliphatic rings. The van der Waals surface area contributed by atoms with E-state index in [0.29, 0.717) is 18.5 Å². The lowest BCUT2D eigenvalue weighted by molar-refractivity contribution is -0.127. The molecule has 1 aromatic heterocycles. The minimum absolute atomic E-state index is 0.264. The number of nitrogens with zero attached hydrogens (tertiary/aromatic N) is 3. The summed E-state index contributed by atoms with van der Waals surface area (Å²) in [4.78, 5) is 12.9. The van der Waals surface area contributed by atoms with Crippen LogP contribution in [0.5, 0.6) is 0 Å². The molecule has 0 radical (unpaired) electrons. The topological polar surface area (TPSA) is 93.5 Å². The van der Waals surface area contributed by atoms with Gasteiger partial charge < -0.3 is 10.1 Å². The molecule has 0 fully saturated rings. The first kappa shape index (κ1) is 19.9. The van der Waals surface area contributed by atoms with E-state index in [9.17, 15) is 13.2 Å². The summed E-state index contributed by atoms with van der Waals surface area (Å²) < 4.78 is 32.9. The number of carbonyl (C=O) groups excluding carboxylic acids is 1. The number of hydrogen-bond donors (Lipinski definition) is 1. The Balaban J connectivity index is 2.30. The fraction of sp³-hybridized carbons (Fsp3) is 0.750. The highest BCUT2D eigenvalue weighted by Gasteiger charge is 2.40. The van der Waals surface area contributed by atoms with Crippen molar-refractivity contribution in [3.63, 3.8) is 0 Å². The van der Waals surface area contributed by atoms with E-state index in [2.05, 4.69) is 10.4 Å². The van der Waals surface area contributed by atoms with Crippen molar-refractivity contribution in [2.24, 2.45) is 7.05 Å². The Kier molecular flexibility index (Phi) is 5.90. The second-order valence-corrected chi connectivity index (χ2v) is 8.44. The van der Waals surface area contributed by atoms with Gasteiger partial charge in [-0.15, -0.1) is 0 Å². The highest BCUT2D eigenvalue weighted by molar-refractivity contribution is 7.88. The van der Waals surface area contributed by atoms with Crippen LogP contribution in [0.2, 0.25) is 0 Å². The molecule has 1 unspecified atom stereocenters. The first-order valence-corrected chi connectivity index (χ1v) is 10.3. The number of methoxy groups -OCH3 is 1. The maximum Gasteiger partial charge on any atom is 0.243 e. The third-order valence-electron chi connectivity index (χ3n) is 5.23. The predicted octanol–water partition coefficient (Wildman–Crippen LogP) is 0.600. The number of ether oxygens (including phenoxy) is 1. The van der Waals surface area contributed by atoms with Crippen molar-refractivity contribution < 1.29 is 17.9 Å². The Morgan fingerprint density at radius 1 is 1.44 bits per heavy atom. The van der Waals surface area contributed by atoms with Crippen LogP contribution in [0.4, 0.5) is 0 Å². The van der Waals surface area contributed by atoms with E-state index in [0.717, 1.165) is 24.8 Å². The van der Waals surface area contributed by atoms with Gasteiger partial charge in [0.25, 0.3) is 0 Å². The molecule has 0 aromatic carbocycles. The van der Waals surface area contributed by atoms with Crippen molar-refractivity contribution in [3.8, 4) is 0 Å². The van der Waals surface area contributed by atoms with Crippen molar-refractivity contribution >= 4 is 15.9 Å². The van der Waals surface area contributed by atoms with Crippen LogP contribution >= 0.6 is 0 Å². The van der Waals surface area contributed by atoms with Crippen LogP contribution in [0.3, 0.4) is 0 Å². The van der Waals surface area contributed by atoms with E-state index in [1.165, 1.54) is 4.31 Å². The zero-order chi connectivity index (χ0) is 18.8. The Hall–Kier alpha value is -1.45. The third-order valence-corrected chi connectivity index (χ3v) is 6.47. The quantitative estimate of drug-likeness (QED) is 0.756. The fourth-order valence-electron chi connectivity index (χ4n) is 3.35. The van der Waals surface area contributed by atoms with Gasteiger partial charge in [-0.25, -0.2) is 8.42 Å². The standard InChI is InChI=1S/C16H28N4O4S/c1-6-16(7-2,24-4)11-17-15(21)14-12-10-18-19(3)13(12)8-9-20(14)25(5,22)23/h10,14H,6-9,11H2,1-5H3,(H,17,21). The number of amides is 1. The highest BCUT2D eigenvalue weighted by Crippen LogP contribution is 2.31. The zero-order valence-corrected chi connectivity index (χ0v) is 16.4. The van der Waals surface area contributed by atoms with E-state index in [1.54, 1.807) is 25.0 Å². The molecule has 8 nitrogen and oxygen atoms in total. The first-order chi connectivity index (χ1) is 11.7.